The van der Waals surface area contributed by atoms with Crippen molar-refractivity contribution in [2.24, 2.45) is 0 Å². The number of amides is 1. The highest BCUT2D eigenvalue weighted by atomic mass is 19.1. The molecule has 0 aliphatic heterocycles. The van der Waals surface area contributed by atoms with E-state index in [1.807, 2.05) is 0 Å². The van der Waals surface area contributed by atoms with Gasteiger partial charge >= 0.3 is 0 Å². The van der Waals surface area contributed by atoms with E-state index in [0.29, 0.717) is 12.3 Å². The van der Waals surface area contributed by atoms with Gasteiger partial charge in [0.2, 0.25) is 5.91 Å². The summed E-state index contributed by atoms with van der Waals surface area (Å²) in [4.78, 5) is 11.2. The van der Waals surface area contributed by atoms with E-state index in [1.54, 1.807) is 6.92 Å². The molecule has 0 aliphatic rings. The molecule has 1 aromatic rings. The van der Waals surface area contributed by atoms with Crippen LogP contribution in [0.25, 0.3) is 0 Å². The summed E-state index contributed by atoms with van der Waals surface area (Å²) in [5.41, 5.74) is 6.13. The Hall–Kier alpha value is -1.62. The molecule has 0 fully saturated rings. The average molecular weight is 212 g/mol. The van der Waals surface area contributed by atoms with Gasteiger partial charge in [-0.1, -0.05) is 0 Å². The summed E-state index contributed by atoms with van der Waals surface area (Å²) < 4.78 is 17.7. The molecular formula is C10H13FN2O2. The lowest BCUT2D eigenvalue weighted by atomic mass is 10.2. The van der Waals surface area contributed by atoms with Gasteiger partial charge in [-0.05, 0) is 25.1 Å². The van der Waals surface area contributed by atoms with E-state index in [4.69, 9.17) is 10.5 Å². The molecule has 0 saturated carbocycles. The summed E-state index contributed by atoms with van der Waals surface area (Å²) in [6, 6.07) is 3.79. The Balaban J connectivity index is 2.63. The third-order valence-corrected chi connectivity index (χ3v) is 1.73. The predicted molar refractivity (Wildman–Crippen MR) is 55.9 cm³/mol. The number of rotatable bonds is 4. The lowest BCUT2D eigenvalue weighted by Crippen LogP contribution is -2.19. The molecule has 3 N–H and O–H groups in total. The van der Waals surface area contributed by atoms with Crippen molar-refractivity contribution in [2.45, 2.75) is 6.92 Å². The molecule has 0 aromatic heterocycles. The largest absolute Gasteiger partial charge is 0.397 e. The SMILES string of the molecule is CCOCC(=O)Nc1cc(F)ccc1N. The molecular weight excluding hydrogens is 199 g/mol. The second-order valence-corrected chi connectivity index (χ2v) is 2.92. The number of nitrogens with one attached hydrogen (secondary N) is 1. The molecule has 1 amide bonds. The summed E-state index contributed by atoms with van der Waals surface area (Å²) in [6.45, 7) is 2.17. The zero-order valence-corrected chi connectivity index (χ0v) is 8.42. The van der Waals surface area contributed by atoms with Crippen LogP contribution in [0, 0.1) is 5.82 Å². The maximum absolute atomic E-state index is 12.8. The highest BCUT2D eigenvalue weighted by Crippen LogP contribution is 2.18. The fourth-order valence-electron chi connectivity index (χ4n) is 1.02. The van der Waals surface area contributed by atoms with Gasteiger partial charge in [0.15, 0.2) is 0 Å². The zero-order chi connectivity index (χ0) is 11.3. The first-order valence-electron chi connectivity index (χ1n) is 4.56. The lowest BCUT2D eigenvalue weighted by molar-refractivity contribution is -0.120. The monoisotopic (exact) mass is 212 g/mol. The fourth-order valence-corrected chi connectivity index (χ4v) is 1.02. The Kier molecular flexibility index (Phi) is 4.05. The molecule has 1 aromatic carbocycles. The molecule has 5 heteroatoms. The maximum Gasteiger partial charge on any atom is 0.250 e. The van der Waals surface area contributed by atoms with Crippen molar-refractivity contribution in [1.29, 1.82) is 0 Å². The molecule has 0 radical (unpaired) electrons. The van der Waals surface area contributed by atoms with Gasteiger partial charge in [-0.3, -0.25) is 4.79 Å². The fraction of sp³-hybridized carbons (Fsp3) is 0.300. The van der Waals surface area contributed by atoms with Crippen LogP contribution in [0.2, 0.25) is 0 Å². The minimum atomic E-state index is -0.448. The molecule has 0 atom stereocenters. The summed E-state index contributed by atoms with van der Waals surface area (Å²) in [6.07, 6.45) is 0. The first kappa shape index (κ1) is 11.5. The number of benzene rings is 1. The number of nitrogens with two attached hydrogens (primary N) is 1. The maximum atomic E-state index is 12.8. The van der Waals surface area contributed by atoms with Crippen LogP contribution in [0.1, 0.15) is 6.92 Å². The van der Waals surface area contributed by atoms with E-state index >= 15 is 0 Å². The second-order valence-electron chi connectivity index (χ2n) is 2.92. The average Bonchev–Trinajstić information content (AvgIpc) is 2.20. The predicted octanol–water partition coefficient (Wildman–Crippen LogP) is 1.38. The van der Waals surface area contributed by atoms with Gasteiger partial charge in [0.05, 0.1) is 11.4 Å². The van der Waals surface area contributed by atoms with Crippen molar-refractivity contribution < 1.29 is 13.9 Å². The Morgan fingerprint density at radius 3 is 3.00 bits per heavy atom. The minimum absolute atomic E-state index is 0.0630. The summed E-state index contributed by atoms with van der Waals surface area (Å²) in [5.74, 6) is -0.801. The van der Waals surface area contributed by atoms with E-state index < -0.39 is 5.82 Å². The van der Waals surface area contributed by atoms with Crippen LogP contribution in [-0.4, -0.2) is 19.1 Å². The van der Waals surface area contributed by atoms with Crippen LogP contribution in [0.15, 0.2) is 18.2 Å². The first-order valence-corrected chi connectivity index (χ1v) is 4.56. The molecule has 0 bridgehead atoms. The Morgan fingerprint density at radius 2 is 2.33 bits per heavy atom. The number of halogens is 1. The lowest BCUT2D eigenvalue weighted by Gasteiger charge is -2.07. The smallest absolute Gasteiger partial charge is 0.250 e. The van der Waals surface area contributed by atoms with Crippen molar-refractivity contribution in [3.05, 3.63) is 24.0 Å². The number of ether oxygens (including phenoxy) is 1. The van der Waals surface area contributed by atoms with Crippen LogP contribution in [-0.2, 0) is 9.53 Å². The molecule has 0 heterocycles. The molecule has 0 unspecified atom stereocenters. The van der Waals surface area contributed by atoms with Gasteiger partial charge in [-0.15, -0.1) is 0 Å². The number of nitrogen functional groups attached to an aromatic ring is 1. The van der Waals surface area contributed by atoms with E-state index in [1.165, 1.54) is 18.2 Å². The van der Waals surface area contributed by atoms with Crippen molar-refractivity contribution in [1.82, 2.24) is 0 Å². The molecule has 4 nitrogen and oxygen atoms in total. The normalized spacial score (nSPS) is 10.0. The van der Waals surface area contributed by atoms with E-state index in [2.05, 4.69) is 5.32 Å². The standard InChI is InChI=1S/C10H13FN2O2/c1-2-15-6-10(14)13-9-5-7(11)3-4-8(9)12/h3-5H,2,6,12H2,1H3,(H,13,14). The number of carbonyl (C=O) groups is 1. The topological polar surface area (TPSA) is 64.3 Å². The van der Waals surface area contributed by atoms with Crippen molar-refractivity contribution in [3.8, 4) is 0 Å². The van der Waals surface area contributed by atoms with E-state index in [9.17, 15) is 9.18 Å². The Bertz CT molecular complexity index is 355. The summed E-state index contributed by atoms with van der Waals surface area (Å²) in [5, 5.41) is 2.46. The van der Waals surface area contributed by atoms with Crippen molar-refractivity contribution in [3.63, 3.8) is 0 Å². The van der Waals surface area contributed by atoms with E-state index in [0.717, 1.165) is 0 Å². The van der Waals surface area contributed by atoms with Crippen molar-refractivity contribution in [2.75, 3.05) is 24.3 Å². The molecule has 0 saturated heterocycles. The number of anilines is 2. The van der Waals surface area contributed by atoms with Gasteiger partial charge in [0.1, 0.15) is 12.4 Å². The Morgan fingerprint density at radius 1 is 1.60 bits per heavy atom. The highest BCUT2D eigenvalue weighted by Gasteiger charge is 2.05. The van der Waals surface area contributed by atoms with Crippen LogP contribution in [0.4, 0.5) is 15.8 Å². The van der Waals surface area contributed by atoms with Crippen molar-refractivity contribution >= 4 is 17.3 Å². The van der Waals surface area contributed by atoms with Crippen LogP contribution in [0.3, 0.4) is 0 Å². The molecule has 15 heavy (non-hydrogen) atoms. The quantitative estimate of drug-likeness (QED) is 0.741. The van der Waals surface area contributed by atoms with Gasteiger partial charge in [0, 0.05) is 6.61 Å². The van der Waals surface area contributed by atoms with E-state index in [-0.39, 0.29) is 18.2 Å². The van der Waals surface area contributed by atoms with Crippen LogP contribution < -0.4 is 11.1 Å². The van der Waals surface area contributed by atoms with Gasteiger partial charge in [-0.25, -0.2) is 4.39 Å². The molecule has 0 spiro atoms. The highest BCUT2D eigenvalue weighted by molar-refractivity contribution is 5.94. The summed E-state index contributed by atoms with van der Waals surface area (Å²) >= 11 is 0. The number of hydrogen-bond donors (Lipinski definition) is 2. The zero-order valence-electron chi connectivity index (χ0n) is 8.42. The summed E-state index contributed by atoms with van der Waals surface area (Å²) in [7, 11) is 0. The third-order valence-electron chi connectivity index (χ3n) is 1.73. The minimum Gasteiger partial charge on any atom is -0.397 e. The van der Waals surface area contributed by atoms with Crippen LogP contribution in [0.5, 0.6) is 0 Å². The molecule has 82 valence electrons. The Labute approximate surface area is 87.2 Å². The molecule has 0 aliphatic carbocycles. The van der Waals surface area contributed by atoms with Gasteiger partial charge in [0.25, 0.3) is 0 Å². The molecule has 1 rings (SSSR count). The van der Waals surface area contributed by atoms with Gasteiger partial charge in [-0.2, -0.15) is 0 Å². The van der Waals surface area contributed by atoms with Gasteiger partial charge < -0.3 is 15.8 Å². The number of hydrogen-bond acceptors (Lipinski definition) is 3. The van der Waals surface area contributed by atoms with Crippen LogP contribution >= 0.6 is 0 Å². The third kappa shape index (κ3) is 3.55. The second kappa shape index (κ2) is 5.31. The first-order chi connectivity index (χ1) is 7.13. The number of carbonyl (C=O) groups excluding carboxylic acids is 1.